The van der Waals surface area contributed by atoms with Gasteiger partial charge >= 0.3 is 0 Å². The van der Waals surface area contributed by atoms with Gasteiger partial charge in [-0.3, -0.25) is 9.48 Å². The van der Waals surface area contributed by atoms with Crippen LogP contribution in [0.2, 0.25) is 0 Å². The molecule has 1 unspecified atom stereocenters. The van der Waals surface area contributed by atoms with Gasteiger partial charge in [0.1, 0.15) is 5.75 Å². The number of para-hydroxylation sites is 2. The monoisotopic (exact) mass is 271 g/mol. The molecule has 1 aliphatic rings. The highest BCUT2D eigenvalue weighted by Gasteiger charge is 2.26. The summed E-state index contributed by atoms with van der Waals surface area (Å²) in [6.45, 7) is 2.43. The predicted molar refractivity (Wildman–Crippen MR) is 76.0 cm³/mol. The smallest absolute Gasteiger partial charge is 0.181 e. The molecule has 0 bridgehead atoms. The highest BCUT2D eigenvalue weighted by molar-refractivity contribution is 5.86. The summed E-state index contributed by atoms with van der Waals surface area (Å²) in [4.78, 5) is 12.3. The maximum absolute atomic E-state index is 12.3. The van der Waals surface area contributed by atoms with E-state index < -0.39 is 6.10 Å². The molecule has 104 valence electrons. The van der Waals surface area contributed by atoms with Gasteiger partial charge in [-0.1, -0.05) is 12.1 Å². The third kappa shape index (κ3) is 2.39. The second-order valence-electron chi connectivity index (χ2n) is 5.03. The molecule has 20 heavy (non-hydrogen) atoms. The Morgan fingerprint density at radius 2 is 2.30 bits per heavy atom. The lowest BCUT2D eigenvalue weighted by Gasteiger charge is -2.26. The number of hydrogen-bond acceptors (Lipinski definition) is 4. The van der Waals surface area contributed by atoms with Crippen molar-refractivity contribution in [2.24, 2.45) is 7.05 Å². The number of rotatable bonds is 3. The van der Waals surface area contributed by atoms with Gasteiger partial charge in [-0.2, -0.15) is 5.10 Å². The molecule has 0 saturated heterocycles. The Hall–Kier alpha value is -2.30. The topological polar surface area (TPSA) is 56.1 Å². The normalized spacial score (nSPS) is 17.0. The molecule has 1 N–H and O–H groups in total. The van der Waals surface area contributed by atoms with Gasteiger partial charge in [-0.15, -0.1) is 0 Å². The summed E-state index contributed by atoms with van der Waals surface area (Å²) < 4.78 is 7.52. The van der Waals surface area contributed by atoms with Crippen LogP contribution in [0.5, 0.6) is 5.75 Å². The molecule has 1 aromatic carbocycles. The number of fused-ring (bicyclic) bond motifs is 1. The van der Waals surface area contributed by atoms with Crippen LogP contribution in [0.4, 0.5) is 5.69 Å². The zero-order valence-electron chi connectivity index (χ0n) is 11.6. The van der Waals surface area contributed by atoms with Crippen molar-refractivity contribution >= 4 is 11.5 Å². The number of ketones is 1. The fourth-order valence-electron chi connectivity index (χ4n) is 2.41. The molecule has 0 saturated carbocycles. The minimum Gasteiger partial charge on any atom is -0.479 e. The number of Topliss-reactive ketones (excluding diaryl/α,β-unsaturated/α-hetero) is 1. The lowest BCUT2D eigenvalue weighted by Crippen LogP contribution is -2.38. The summed E-state index contributed by atoms with van der Waals surface area (Å²) in [6, 6.07) is 9.59. The van der Waals surface area contributed by atoms with E-state index in [1.54, 1.807) is 4.68 Å². The van der Waals surface area contributed by atoms with Crippen LogP contribution >= 0.6 is 0 Å². The molecular weight excluding hydrogens is 254 g/mol. The summed E-state index contributed by atoms with van der Waals surface area (Å²) in [7, 11) is 1.85. The van der Waals surface area contributed by atoms with Crippen molar-refractivity contribution in [3.8, 4) is 5.75 Å². The van der Waals surface area contributed by atoms with Gasteiger partial charge in [0.2, 0.25) is 0 Å². The Labute approximate surface area is 117 Å². The first-order chi connectivity index (χ1) is 9.63. The molecule has 5 nitrogen and oxygen atoms in total. The van der Waals surface area contributed by atoms with Crippen LogP contribution in [-0.4, -0.2) is 28.2 Å². The van der Waals surface area contributed by atoms with Crippen LogP contribution in [0.3, 0.4) is 0 Å². The standard InChI is InChI=1S/C15H17N3O2/c1-10-7-11(18(2)17-10)8-13(19)15-9-16-12-5-3-4-6-14(12)20-15/h3-7,15-16H,8-9H2,1-2H3. The quantitative estimate of drug-likeness (QED) is 0.923. The van der Waals surface area contributed by atoms with Crippen LogP contribution < -0.4 is 10.1 Å². The number of benzene rings is 1. The average molecular weight is 271 g/mol. The first-order valence-electron chi connectivity index (χ1n) is 6.65. The Morgan fingerprint density at radius 3 is 3.05 bits per heavy atom. The van der Waals surface area contributed by atoms with Crippen LogP contribution in [0, 0.1) is 6.92 Å². The molecular formula is C15H17N3O2. The number of anilines is 1. The van der Waals surface area contributed by atoms with Crippen molar-refractivity contribution in [2.45, 2.75) is 19.4 Å². The van der Waals surface area contributed by atoms with Crippen molar-refractivity contribution in [2.75, 3.05) is 11.9 Å². The summed E-state index contributed by atoms with van der Waals surface area (Å²) in [6.07, 6.45) is -0.105. The number of hydrogen-bond donors (Lipinski definition) is 1. The first-order valence-corrected chi connectivity index (χ1v) is 6.65. The second kappa shape index (κ2) is 5.00. The van der Waals surface area contributed by atoms with E-state index in [1.807, 2.05) is 44.3 Å². The van der Waals surface area contributed by atoms with Crippen molar-refractivity contribution < 1.29 is 9.53 Å². The summed E-state index contributed by atoms with van der Waals surface area (Å²) in [5, 5.41) is 7.48. The average Bonchev–Trinajstić information content (AvgIpc) is 2.76. The number of nitrogens with zero attached hydrogens (tertiary/aromatic N) is 2. The molecule has 1 atom stereocenters. The lowest BCUT2D eigenvalue weighted by molar-refractivity contribution is -0.124. The van der Waals surface area contributed by atoms with Gasteiger partial charge in [0.25, 0.3) is 0 Å². The molecule has 0 fully saturated rings. The number of ether oxygens (including phenoxy) is 1. The van der Waals surface area contributed by atoms with E-state index in [2.05, 4.69) is 10.4 Å². The Bertz CT molecular complexity index is 648. The van der Waals surface area contributed by atoms with Gasteiger partial charge in [0, 0.05) is 12.7 Å². The summed E-state index contributed by atoms with van der Waals surface area (Å²) >= 11 is 0. The molecule has 0 aliphatic carbocycles. The maximum Gasteiger partial charge on any atom is 0.181 e. The number of nitrogens with one attached hydrogen (secondary N) is 1. The zero-order valence-corrected chi connectivity index (χ0v) is 11.6. The minimum absolute atomic E-state index is 0.0648. The largest absolute Gasteiger partial charge is 0.479 e. The summed E-state index contributed by atoms with van der Waals surface area (Å²) in [5.74, 6) is 0.799. The van der Waals surface area contributed by atoms with Gasteiger partial charge in [-0.05, 0) is 25.1 Å². The Morgan fingerprint density at radius 1 is 1.50 bits per heavy atom. The SMILES string of the molecule is Cc1cc(CC(=O)C2CNc3ccccc3O2)n(C)n1. The highest BCUT2D eigenvalue weighted by atomic mass is 16.5. The molecule has 5 heteroatoms. The molecule has 2 heterocycles. The van der Waals surface area contributed by atoms with Crippen LogP contribution in [0.15, 0.2) is 30.3 Å². The van der Waals surface area contributed by atoms with Gasteiger partial charge in [0.15, 0.2) is 11.9 Å². The number of aryl methyl sites for hydroxylation is 2. The molecule has 0 amide bonds. The third-order valence-corrected chi connectivity index (χ3v) is 3.45. The van der Waals surface area contributed by atoms with Gasteiger partial charge in [-0.25, -0.2) is 0 Å². The first kappa shape index (κ1) is 12.7. The van der Waals surface area contributed by atoms with Gasteiger partial charge in [0.05, 0.1) is 24.3 Å². The molecule has 3 rings (SSSR count). The Balaban J connectivity index is 1.72. The number of aromatic nitrogens is 2. The molecule has 0 spiro atoms. The minimum atomic E-state index is -0.444. The van der Waals surface area contributed by atoms with Gasteiger partial charge < -0.3 is 10.1 Å². The van der Waals surface area contributed by atoms with E-state index in [9.17, 15) is 4.79 Å². The van der Waals surface area contributed by atoms with Crippen LogP contribution in [-0.2, 0) is 18.3 Å². The third-order valence-electron chi connectivity index (χ3n) is 3.45. The molecule has 1 aliphatic heterocycles. The highest BCUT2D eigenvalue weighted by Crippen LogP contribution is 2.28. The molecule has 2 aromatic rings. The number of carbonyl (C=O) groups is 1. The van der Waals surface area contributed by atoms with E-state index in [-0.39, 0.29) is 5.78 Å². The lowest BCUT2D eigenvalue weighted by atomic mass is 10.1. The summed E-state index contributed by atoms with van der Waals surface area (Å²) in [5.41, 5.74) is 2.77. The van der Waals surface area contributed by atoms with E-state index in [1.165, 1.54) is 0 Å². The maximum atomic E-state index is 12.3. The molecule has 1 aromatic heterocycles. The van der Waals surface area contributed by atoms with Crippen molar-refractivity contribution in [1.82, 2.24) is 9.78 Å². The van der Waals surface area contributed by atoms with Crippen molar-refractivity contribution in [3.63, 3.8) is 0 Å². The van der Waals surface area contributed by atoms with Crippen LogP contribution in [0.1, 0.15) is 11.4 Å². The van der Waals surface area contributed by atoms with E-state index in [0.29, 0.717) is 13.0 Å². The number of carbonyl (C=O) groups excluding carboxylic acids is 1. The van der Waals surface area contributed by atoms with Crippen molar-refractivity contribution in [3.05, 3.63) is 41.7 Å². The second-order valence-corrected chi connectivity index (χ2v) is 5.03. The zero-order chi connectivity index (χ0) is 14.1. The van der Waals surface area contributed by atoms with Crippen LogP contribution in [0.25, 0.3) is 0 Å². The van der Waals surface area contributed by atoms with Crippen molar-refractivity contribution in [1.29, 1.82) is 0 Å². The van der Waals surface area contributed by atoms with E-state index in [4.69, 9.17) is 4.74 Å². The van der Waals surface area contributed by atoms with E-state index in [0.717, 1.165) is 22.8 Å². The fraction of sp³-hybridized carbons (Fsp3) is 0.333. The predicted octanol–water partition coefficient (Wildman–Crippen LogP) is 1.71. The van der Waals surface area contributed by atoms with E-state index >= 15 is 0 Å². The Kier molecular flexibility index (Phi) is 3.18. The molecule has 0 radical (unpaired) electrons. The fourth-order valence-corrected chi connectivity index (χ4v) is 2.41.